The van der Waals surface area contributed by atoms with Gasteiger partial charge in [-0.25, -0.2) is 5.43 Å². The van der Waals surface area contributed by atoms with Crippen molar-refractivity contribution < 1.29 is 19.0 Å². The minimum absolute atomic E-state index is 0.0905. The second kappa shape index (κ2) is 8.89. The first-order valence-electron chi connectivity index (χ1n) is 8.68. The van der Waals surface area contributed by atoms with Gasteiger partial charge in [0.1, 0.15) is 5.75 Å². The molecule has 0 saturated carbocycles. The Labute approximate surface area is 152 Å². The van der Waals surface area contributed by atoms with Crippen molar-refractivity contribution in [2.45, 2.75) is 26.2 Å². The maximum absolute atomic E-state index is 11.8. The van der Waals surface area contributed by atoms with Crippen LogP contribution in [0.15, 0.2) is 47.6 Å². The molecule has 0 unspecified atom stereocenters. The topological polar surface area (TPSA) is 69.2 Å². The number of rotatable bonds is 8. The quantitative estimate of drug-likeness (QED) is 0.583. The lowest BCUT2D eigenvalue weighted by atomic mass is 10.1. The van der Waals surface area contributed by atoms with Gasteiger partial charge in [0.2, 0.25) is 6.79 Å². The van der Waals surface area contributed by atoms with E-state index in [9.17, 15) is 4.79 Å². The number of hydrogen-bond donors (Lipinski definition) is 1. The van der Waals surface area contributed by atoms with Crippen molar-refractivity contribution in [1.82, 2.24) is 5.43 Å². The number of unbranched alkanes of at least 4 members (excludes halogenated alkanes) is 1. The molecule has 26 heavy (non-hydrogen) atoms. The molecular weight excluding hydrogens is 332 g/mol. The number of carbonyl (C=O) groups excluding carboxylic acids is 1. The Bertz CT molecular complexity index is 772. The van der Waals surface area contributed by atoms with Gasteiger partial charge in [0, 0.05) is 0 Å². The van der Waals surface area contributed by atoms with Crippen molar-refractivity contribution in [2.75, 3.05) is 13.4 Å². The first kappa shape index (κ1) is 17.8. The van der Waals surface area contributed by atoms with Gasteiger partial charge in [-0.1, -0.05) is 25.5 Å². The van der Waals surface area contributed by atoms with Crippen LogP contribution in [-0.2, 0) is 11.2 Å². The van der Waals surface area contributed by atoms with Crippen molar-refractivity contribution in [2.24, 2.45) is 5.10 Å². The van der Waals surface area contributed by atoms with Crippen LogP contribution in [0.3, 0.4) is 0 Å². The second-order valence-corrected chi connectivity index (χ2v) is 5.94. The van der Waals surface area contributed by atoms with E-state index in [0.29, 0.717) is 17.2 Å². The van der Waals surface area contributed by atoms with Crippen molar-refractivity contribution in [3.05, 3.63) is 53.6 Å². The van der Waals surface area contributed by atoms with Gasteiger partial charge in [0.15, 0.2) is 18.1 Å². The van der Waals surface area contributed by atoms with E-state index in [-0.39, 0.29) is 19.3 Å². The van der Waals surface area contributed by atoms with Gasteiger partial charge in [-0.3, -0.25) is 4.79 Å². The number of aryl methyl sites for hydroxylation is 1. The Kier molecular flexibility index (Phi) is 6.09. The standard InChI is InChI=1S/C20H22N2O4/c1-2-3-4-15-5-8-17(9-6-15)24-13-20(23)22-21-12-16-7-10-18-19(11-16)26-14-25-18/h5-12H,2-4,13-14H2,1H3,(H,22,23)/b21-12+. The predicted octanol–water partition coefficient (Wildman–Crippen LogP) is 3.29. The number of nitrogens with one attached hydrogen (secondary N) is 1. The SMILES string of the molecule is CCCCc1ccc(OCC(=O)N/N=C/c2ccc3c(c2)OCO3)cc1. The lowest BCUT2D eigenvalue weighted by Crippen LogP contribution is -2.24. The summed E-state index contributed by atoms with van der Waals surface area (Å²) in [7, 11) is 0. The van der Waals surface area contributed by atoms with E-state index in [1.807, 2.05) is 30.3 Å². The van der Waals surface area contributed by atoms with Gasteiger partial charge in [-0.05, 0) is 54.3 Å². The van der Waals surface area contributed by atoms with Crippen molar-refractivity contribution in [3.8, 4) is 17.2 Å². The van der Waals surface area contributed by atoms with Crippen LogP contribution in [0.25, 0.3) is 0 Å². The summed E-state index contributed by atoms with van der Waals surface area (Å²) in [6, 6.07) is 13.3. The molecule has 6 heteroatoms. The molecule has 1 aliphatic rings. The third kappa shape index (κ3) is 4.99. The molecule has 0 saturated heterocycles. The summed E-state index contributed by atoms with van der Waals surface area (Å²) in [6.07, 6.45) is 4.95. The molecule has 0 aliphatic carbocycles. The monoisotopic (exact) mass is 354 g/mol. The Morgan fingerprint density at radius 1 is 1.19 bits per heavy atom. The fourth-order valence-electron chi connectivity index (χ4n) is 2.49. The van der Waals surface area contributed by atoms with E-state index >= 15 is 0 Å². The number of benzene rings is 2. The summed E-state index contributed by atoms with van der Waals surface area (Å²) in [6.45, 7) is 2.31. The number of hydrazone groups is 1. The molecule has 0 atom stereocenters. The summed E-state index contributed by atoms with van der Waals surface area (Å²) in [5.41, 5.74) is 4.52. The van der Waals surface area contributed by atoms with Crippen LogP contribution >= 0.6 is 0 Å². The van der Waals surface area contributed by atoms with Crippen LogP contribution in [-0.4, -0.2) is 25.5 Å². The van der Waals surface area contributed by atoms with E-state index in [0.717, 1.165) is 12.0 Å². The first-order valence-corrected chi connectivity index (χ1v) is 8.68. The van der Waals surface area contributed by atoms with Gasteiger partial charge < -0.3 is 14.2 Å². The largest absolute Gasteiger partial charge is 0.484 e. The van der Waals surface area contributed by atoms with Gasteiger partial charge >= 0.3 is 0 Å². The van der Waals surface area contributed by atoms with Crippen molar-refractivity contribution >= 4 is 12.1 Å². The number of hydrogen-bond acceptors (Lipinski definition) is 5. The van der Waals surface area contributed by atoms with Crippen LogP contribution < -0.4 is 19.6 Å². The second-order valence-electron chi connectivity index (χ2n) is 5.94. The van der Waals surface area contributed by atoms with E-state index in [2.05, 4.69) is 17.5 Å². The maximum atomic E-state index is 11.8. The molecule has 2 aromatic carbocycles. The normalized spacial score (nSPS) is 12.3. The first-order chi connectivity index (χ1) is 12.7. The smallest absolute Gasteiger partial charge is 0.277 e. The number of nitrogens with zero attached hydrogens (tertiary/aromatic N) is 1. The van der Waals surface area contributed by atoms with E-state index < -0.39 is 0 Å². The summed E-state index contributed by atoms with van der Waals surface area (Å²) in [5.74, 6) is 1.73. The molecule has 1 amide bonds. The van der Waals surface area contributed by atoms with E-state index in [1.165, 1.54) is 18.4 Å². The predicted molar refractivity (Wildman–Crippen MR) is 98.9 cm³/mol. The minimum Gasteiger partial charge on any atom is -0.484 e. The van der Waals surface area contributed by atoms with Crippen LogP contribution in [0.5, 0.6) is 17.2 Å². The molecule has 6 nitrogen and oxygen atoms in total. The minimum atomic E-state index is -0.322. The van der Waals surface area contributed by atoms with Crippen LogP contribution in [0.4, 0.5) is 0 Å². The van der Waals surface area contributed by atoms with E-state index in [4.69, 9.17) is 14.2 Å². The Morgan fingerprint density at radius 2 is 2.00 bits per heavy atom. The zero-order valence-electron chi connectivity index (χ0n) is 14.7. The maximum Gasteiger partial charge on any atom is 0.277 e. The van der Waals surface area contributed by atoms with Crippen molar-refractivity contribution in [3.63, 3.8) is 0 Å². The summed E-state index contributed by atoms with van der Waals surface area (Å²) in [4.78, 5) is 11.8. The summed E-state index contributed by atoms with van der Waals surface area (Å²) in [5, 5.41) is 3.93. The summed E-state index contributed by atoms with van der Waals surface area (Å²) < 4.78 is 16.0. The molecule has 0 bridgehead atoms. The molecule has 1 heterocycles. The molecule has 3 rings (SSSR count). The lowest BCUT2D eigenvalue weighted by molar-refractivity contribution is -0.123. The summed E-state index contributed by atoms with van der Waals surface area (Å²) >= 11 is 0. The molecular formula is C20H22N2O4. The highest BCUT2D eigenvalue weighted by molar-refractivity contribution is 5.83. The number of fused-ring (bicyclic) bond motifs is 1. The Balaban J connectivity index is 1.42. The molecule has 1 aliphatic heterocycles. The Hall–Kier alpha value is -3.02. The van der Waals surface area contributed by atoms with Crippen LogP contribution in [0.1, 0.15) is 30.9 Å². The number of carbonyl (C=O) groups is 1. The van der Waals surface area contributed by atoms with Gasteiger partial charge in [-0.2, -0.15) is 5.10 Å². The number of ether oxygens (including phenoxy) is 3. The third-order valence-corrected chi connectivity index (χ3v) is 3.91. The Morgan fingerprint density at radius 3 is 2.81 bits per heavy atom. The third-order valence-electron chi connectivity index (χ3n) is 3.91. The van der Waals surface area contributed by atoms with Crippen LogP contribution in [0.2, 0.25) is 0 Å². The molecule has 0 radical (unpaired) electrons. The highest BCUT2D eigenvalue weighted by Gasteiger charge is 2.12. The van der Waals surface area contributed by atoms with E-state index in [1.54, 1.807) is 18.3 Å². The van der Waals surface area contributed by atoms with Gasteiger partial charge in [0.25, 0.3) is 5.91 Å². The molecule has 0 spiro atoms. The van der Waals surface area contributed by atoms with Crippen molar-refractivity contribution in [1.29, 1.82) is 0 Å². The highest BCUT2D eigenvalue weighted by atomic mass is 16.7. The lowest BCUT2D eigenvalue weighted by Gasteiger charge is -2.06. The van der Waals surface area contributed by atoms with Gasteiger partial charge in [-0.15, -0.1) is 0 Å². The molecule has 1 N–H and O–H groups in total. The van der Waals surface area contributed by atoms with Crippen LogP contribution in [0, 0.1) is 0 Å². The molecule has 2 aromatic rings. The zero-order chi connectivity index (χ0) is 18.2. The average Bonchev–Trinajstić information content (AvgIpc) is 3.13. The highest BCUT2D eigenvalue weighted by Crippen LogP contribution is 2.31. The van der Waals surface area contributed by atoms with Gasteiger partial charge in [0.05, 0.1) is 6.21 Å². The molecule has 136 valence electrons. The zero-order valence-corrected chi connectivity index (χ0v) is 14.7. The fourth-order valence-corrected chi connectivity index (χ4v) is 2.49. The number of amides is 1. The average molecular weight is 354 g/mol. The fraction of sp³-hybridized carbons (Fsp3) is 0.300. The molecule has 0 fully saturated rings. The molecule has 0 aromatic heterocycles.